The standard InChI is InChI=1S/C21H19ClN4O/c1-27-17-8-6-15(7-9-17)18-14-26(21-5-3-2-4-19(21)22)25-20(18)12-16-13-23-10-11-24-16/h2-11,13-14,20,25H,12H2,1H3. The molecule has 0 bridgehead atoms. The first-order valence-corrected chi connectivity index (χ1v) is 9.03. The first-order valence-electron chi connectivity index (χ1n) is 8.65. The second-order valence-electron chi connectivity index (χ2n) is 6.22. The van der Waals surface area contributed by atoms with Gasteiger partial charge in [-0.1, -0.05) is 35.9 Å². The number of para-hydroxylation sites is 1. The predicted molar refractivity (Wildman–Crippen MR) is 108 cm³/mol. The maximum Gasteiger partial charge on any atom is 0.118 e. The van der Waals surface area contributed by atoms with Crippen LogP contribution in [0.25, 0.3) is 5.57 Å². The van der Waals surface area contributed by atoms with Crippen LogP contribution in [0.2, 0.25) is 5.02 Å². The van der Waals surface area contributed by atoms with E-state index < -0.39 is 0 Å². The highest BCUT2D eigenvalue weighted by Gasteiger charge is 2.27. The number of nitrogens with zero attached hydrogens (tertiary/aromatic N) is 3. The SMILES string of the molecule is COc1ccc(C2=CN(c3ccccc3Cl)NC2Cc2cnccn2)cc1. The Bertz CT molecular complexity index is 944. The summed E-state index contributed by atoms with van der Waals surface area (Å²) in [6.45, 7) is 0. The topological polar surface area (TPSA) is 50.3 Å². The fourth-order valence-corrected chi connectivity index (χ4v) is 3.38. The van der Waals surface area contributed by atoms with Gasteiger partial charge < -0.3 is 4.74 Å². The molecular formula is C21H19ClN4O. The number of aromatic nitrogens is 2. The maximum absolute atomic E-state index is 6.40. The molecule has 0 saturated carbocycles. The van der Waals surface area contributed by atoms with Gasteiger partial charge in [-0.05, 0) is 35.4 Å². The van der Waals surface area contributed by atoms with Gasteiger partial charge >= 0.3 is 0 Å². The lowest BCUT2D eigenvalue weighted by atomic mass is 9.97. The summed E-state index contributed by atoms with van der Waals surface area (Å²) in [5.74, 6) is 0.832. The third-order valence-electron chi connectivity index (χ3n) is 4.50. The summed E-state index contributed by atoms with van der Waals surface area (Å²) in [5, 5.41) is 2.67. The van der Waals surface area contributed by atoms with E-state index in [4.69, 9.17) is 16.3 Å². The molecular weight excluding hydrogens is 360 g/mol. The average molecular weight is 379 g/mol. The number of hydrogen-bond acceptors (Lipinski definition) is 5. The number of ether oxygens (including phenoxy) is 1. The summed E-state index contributed by atoms with van der Waals surface area (Å²) in [4.78, 5) is 8.60. The van der Waals surface area contributed by atoms with E-state index in [1.54, 1.807) is 25.7 Å². The molecule has 27 heavy (non-hydrogen) atoms. The number of benzene rings is 2. The van der Waals surface area contributed by atoms with Crippen LogP contribution >= 0.6 is 11.6 Å². The van der Waals surface area contributed by atoms with Gasteiger partial charge in [0.1, 0.15) is 5.75 Å². The molecule has 0 fully saturated rings. The van der Waals surface area contributed by atoms with Gasteiger partial charge in [0.15, 0.2) is 0 Å². The summed E-state index contributed by atoms with van der Waals surface area (Å²) >= 11 is 6.40. The van der Waals surface area contributed by atoms with Gasteiger partial charge in [-0.15, -0.1) is 0 Å². The number of halogens is 1. The van der Waals surface area contributed by atoms with Crippen molar-refractivity contribution in [1.29, 1.82) is 0 Å². The lowest BCUT2D eigenvalue weighted by molar-refractivity contribution is 0.415. The van der Waals surface area contributed by atoms with Gasteiger partial charge in [0, 0.05) is 31.2 Å². The van der Waals surface area contributed by atoms with Crippen LogP contribution in [-0.4, -0.2) is 23.1 Å². The van der Waals surface area contributed by atoms with Crippen molar-refractivity contribution in [2.24, 2.45) is 0 Å². The van der Waals surface area contributed by atoms with E-state index >= 15 is 0 Å². The lowest BCUT2D eigenvalue weighted by Gasteiger charge is -2.21. The number of anilines is 1. The summed E-state index contributed by atoms with van der Waals surface area (Å²) < 4.78 is 5.28. The zero-order chi connectivity index (χ0) is 18.6. The molecule has 0 saturated heterocycles. The summed E-state index contributed by atoms with van der Waals surface area (Å²) in [6.07, 6.45) is 8.00. The Kier molecular flexibility index (Phi) is 5.05. The van der Waals surface area contributed by atoms with Crippen LogP contribution in [-0.2, 0) is 6.42 Å². The van der Waals surface area contributed by atoms with E-state index in [1.807, 2.05) is 41.4 Å². The van der Waals surface area contributed by atoms with Crippen LogP contribution in [0.4, 0.5) is 5.69 Å². The fraction of sp³-hybridized carbons (Fsp3) is 0.143. The number of hydrogen-bond donors (Lipinski definition) is 1. The van der Waals surface area contributed by atoms with Gasteiger partial charge in [0.2, 0.25) is 0 Å². The second kappa shape index (κ2) is 7.78. The fourth-order valence-electron chi connectivity index (χ4n) is 3.15. The third-order valence-corrected chi connectivity index (χ3v) is 4.82. The van der Waals surface area contributed by atoms with Crippen molar-refractivity contribution >= 4 is 22.9 Å². The average Bonchev–Trinajstić information content (AvgIpc) is 3.12. The summed E-state index contributed by atoms with van der Waals surface area (Å²) in [5.41, 5.74) is 7.64. The quantitative estimate of drug-likeness (QED) is 0.723. The third kappa shape index (κ3) is 3.79. The molecule has 0 spiro atoms. The Balaban J connectivity index is 1.68. The Morgan fingerprint density at radius 1 is 1.11 bits per heavy atom. The molecule has 1 atom stereocenters. The minimum atomic E-state index is 0.0476. The van der Waals surface area contributed by atoms with Gasteiger partial charge in [-0.3, -0.25) is 15.0 Å². The Labute approximate surface area is 163 Å². The molecule has 2 heterocycles. The maximum atomic E-state index is 6.40. The minimum absolute atomic E-state index is 0.0476. The van der Waals surface area contributed by atoms with Crippen molar-refractivity contribution in [3.63, 3.8) is 0 Å². The first-order chi connectivity index (χ1) is 13.2. The van der Waals surface area contributed by atoms with Crippen molar-refractivity contribution < 1.29 is 4.74 Å². The number of methoxy groups -OCH3 is 1. The number of hydrazine groups is 1. The second-order valence-corrected chi connectivity index (χ2v) is 6.62. The zero-order valence-corrected chi connectivity index (χ0v) is 15.6. The van der Waals surface area contributed by atoms with Crippen LogP contribution in [0, 0.1) is 0 Å². The molecule has 1 N–H and O–H groups in total. The molecule has 5 nitrogen and oxygen atoms in total. The molecule has 1 unspecified atom stereocenters. The van der Waals surface area contributed by atoms with E-state index in [0.29, 0.717) is 11.4 Å². The van der Waals surface area contributed by atoms with E-state index in [2.05, 4.69) is 33.7 Å². The predicted octanol–water partition coefficient (Wildman–Crippen LogP) is 4.12. The smallest absolute Gasteiger partial charge is 0.118 e. The lowest BCUT2D eigenvalue weighted by Crippen LogP contribution is -2.37. The normalized spacial score (nSPS) is 16.3. The summed E-state index contributed by atoms with van der Waals surface area (Å²) in [7, 11) is 1.67. The molecule has 6 heteroatoms. The van der Waals surface area contributed by atoms with E-state index in [-0.39, 0.29) is 6.04 Å². The van der Waals surface area contributed by atoms with Crippen molar-refractivity contribution in [2.45, 2.75) is 12.5 Å². The molecule has 0 amide bonds. The van der Waals surface area contributed by atoms with Crippen LogP contribution in [0.5, 0.6) is 5.75 Å². The highest BCUT2D eigenvalue weighted by molar-refractivity contribution is 6.33. The molecule has 3 aromatic rings. The molecule has 1 aliphatic heterocycles. The van der Waals surface area contributed by atoms with Crippen molar-refractivity contribution in [1.82, 2.24) is 15.4 Å². The van der Waals surface area contributed by atoms with E-state index in [0.717, 1.165) is 28.3 Å². The van der Waals surface area contributed by atoms with Crippen molar-refractivity contribution in [3.05, 3.63) is 89.6 Å². The van der Waals surface area contributed by atoms with Crippen LogP contribution in [0.3, 0.4) is 0 Å². The Morgan fingerprint density at radius 3 is 2.63 bits per heavy atom. The van der Waals surface area contributed by atoms with Gasteiger partial charge in [0.25, 0.3) is 0 Å². The first kappa shape index (κ1) is 17.5. The number of rotatable bonds is 5. The molecule has 4 rings (SSSR count). The molecule has 1 aliphatic rings. The van der Waals surface area contributed by atoms with Gasteiger partial charge in [0.05, 0.1) is 29.6 Å². The van der Waals surface area contributed by atoms with Gasteiger partial charge in [-0.2, -0.15) is 0 Å². The van der Waals surface area contributed by atoms with Crippen LogP contribution in [0.15, 0.2) is 73.3 Å². The van der Waals surface area contributed by atoms with Gasteiger partial charge in [-0.25, -0.2) is 5.43 Å². The van der Waals surface area contributed by atoms with Crippen molar-refractivity contribution in [3.8, 4) is 5.75 Å². The molecule has 1 aromatic heterocycles. The van der Waals surface area contributed by atoms with Crippen LogP contribution in [0.1, 0.15) is 11.3 Å². The number of nitrogens with one attached hydrogen (secondary N) is 1. The molecule has 0 aliphatic carbocycles. The molecule has 0 radical (unpaired) electrons. The highest BCUT2D eigenvalue weighted by atomic mass is 35.5. The zero-order valence-electron chi connectivity index (χ0n) is 14.8. The minimum Gasteiger partial charge on any atom is -0.497 e. The molecule has 136 valence electrons. The molecule has 2 aromatic carbocycles. The Morgan fingerprint density at radius 2 is 1.93 bits per heavy atom. The largest absolute Gasteiger partial charge is 0.497 e. The van der Waals surface area contributed by atoms with E-state index in [9.17, 15) is 0 Å². The monoisotopic (exact) mass is 378 g/mol. The van der Waals surface area contributed by atoms with E-state index in [1.165, 1.54) is 0 Å². The van der Waals surface area contributed by atoms with Crippen LogP contribution < -0.4 is 15.2 Å². The summed E-state index contributed by atoms with van der Waals surface area (Å²) in [6, 6.07) is 15.9. The highest BCUT2D eigenvalue weighted by Crippen LogP contribution is 2.33. The van der Waals surface area contributed by atoms with Crippen molar-refractivity contribution in [2.75, 3.05) is 12.1 Å². The Hall–Kier alpha value is -2.89.